The summed E-state index contributed by atoms with van der Waals surface area (Å²) in [5.74, 6) is 2.26. The molecule has 0 saturated heterocycles. The molecular formula is C10H11BrN4S. The van der Waals surface area contributed by atoms with Gasteiger partial charge in [0, 0.05) is 9.37 Å². The first kappa shape index (κ1) is 11.6. The second kappa shape index (κ2) is 5.47. The van der Waals surface area contributed by atoms with Gasteiger partial charge in [-0.3, -0.25) is 5.10 Å². The van der Waals surface area contributed by atoms with Crippen LogP contribution in [0.5, 0.6) is 0 Å². The van der Waals surface area contributed by atoms with Gasteiger partial charge in [-0.2, -0.15) is 5.10 Å². The minimum absolute atomic E-state index is 0.371. The molecule has 16 heavy (non-hydrogen) atoms. The van der Waals surface area contributed by atoms with Gasteiger partial charge in [0.15, 0.2) is 5.82 Å². The number of nitrogens with one attached hydrogen (secondary N) is 1. The molecule has 0 atom stereocenters. The molecule has 0 aliphatic heterocycles. The fourth-order valence-electron chi connectivity index (χ4n) is 1.20. The van der Waals surface area contributed by atoms with E-state index in [2.05, 4.69) is 37.2 Å². The molecule has 1 aromatic carbocycles. The average Bonchev–Trinajstić information content (AvgIpc) is 2.76. The van der Waals surface area contributed by atoms with Crippen LogP contribution in [0.4, 0.5) is 0 Å². The number of H-pyrrole nitrogens is 1. The topological polar surface area (TPSA) is 67.6 Å². The Labute approximate surface area is 106 Å². The van der Waals surface area contributed by atoms with Gasteiger partial charge in [0.25, 0.3) is 0 Å². The predicted molar refractivity (Wildman–Crippen MR) is 68.0 cm³/mol. The lowest BCUT2D eigenvalue weighted by Gasteiger charge is -2.01. The lowest BCUT2D eigenvalue weighted by molar-refractivity contribution is 0.916. The monoisotopic (exact) mass is 298 g/mol. The molecule has 6 heteroatoms. The van der Waals surface area contributed by atoms with Crippen molar-refractivity contribution in [3.05, 3.63) is 40.4 Å². The van der Waals surface area contributed by atoms with Gasteiger partial charge in [0.1, 0.15) is 5.82 Å². The van der Waals surface area contributed by atoms with Gasteiger partial charge in [-0.1, -0.05) is 12.1 Å². The van der Waals surface area contributed by atoms with Crippen LogP contribution in [0, 0.1) is 0 Å². The van der Waals surface area contributed by atoms with Crippen molar-refractivity contribution in [2.75, 3.05) is 0 Å². The van der Waals surface area contributed by atoms with Crippen LogP contribution in [-0.4, -0.2) is 15.2 Å². The summed E-state index contributed by atoms with van der Waals surface area (Å²) in [7, 11) is 0. The maximum atomic E-state index is 5.44. The number of thioether (sulfide) groups is 1. The number of rotatable bonds is 4. The molecule has 0 aliphatic carbocycles. The van der Waals surface area contributed by atoms with Crippen LogP contribution in [0.1, 0.15) is 11.6 Å². The zero-order valence-electron chi connectivity index (χ0n) is 8.48. The van der Waals surface area contributed by atoms with E-state index >= 15 is 0 Å². The predicted octanol–water partition coefficient (Wildman–Crippen LogP) is 2.32. The first-order chi connectivity index (χ1) is 7.79. The van der Waals surface area contributed by atoms with Gasteiger partial charge in [-0.05, 0) is 28.1 Å². The van der Waals surface area contributed by atoms with Crippen LogP contribution in [0.15, 0.2) is 33.6 Å². The number of nitrogens with two attached hydrogens (primary N) is 1. The molecule has 0 saturated carbocycles. The third kappa shape index (κ3) is 2.84. The summed E-state index contributed by atoms with van der Waals surface area (Å²) in [6.07, 6.45) is 0. The average molecular weight is 299 g/mol. The van der Waals surface area contributed by atoms with Gasteiger partial charge < -0.3 is 5.73 Å². The van der Waals surface area contributed by atoms with E-state index in [1.54, 1.807) is 11.8 Å². The Hall–Kier alpha value is -0.850. The van der Waals surface area contributed by atoms with E-state index < -0.39 is 0 Å². The highest BCUT2D eigenvalue weighted by Gasteiger charge is 2.04. The number of hydrogen-bond donors (Lipinski definition) is 2. The van der Waals surface area contributed by atoms with Gasteiger partial charge in [0.2, 0.25) is 0 Å². The van der Waals surface area contributed by atoms with Crippen LogP contribution in [-0.2, 0) is 12.3 Å². The van der Waals surface area contributed by atoms with E-state index in [0.29, 0.717) is 12.4 Å². The van der Waals surface area contributed by atoms with Crippen molar-refractivity contribution in [2.45, 2.75) is 17.2 Å². The summed E-state index contributed by atoms with van der Waals surface area (Å²) in [4.78, 5) is 5.43. The molecule has 0 radical (unpaired) electrons. The van der Waals surface area contributed by atoms with Crippen LogP contribution >= 0.6 is 27.7 Å². The molecule has 0 spiro atoms. The van der Waals surface area contributed by atoms with Crippen LogP contribution in [0.3, 0.4) is 0 Å². The standard InChI is InChI=1S/C10H11BrN4S/c11-7-3-1-2-4-8(7)16-6-10-13-9(5-12)14-15-10/h1-4H,5-6,12H2,(H,13,14,15). The maximum Gasteiger partial charge on any atom is 0.164 e. The summed E-state index contributed by atoms with van der Waals surface area (Å²) in [6.45, 7) is 0.371. The molecule has 0 fully saturated rings. The summed E-state index contributed by atoms with van der Waals surface area (Å²) >= 11 is 5.20. The van der Waals surface area contributed by atoms with Gasteiger partial charge in [0.05, 0.1) is 12.3 Å². The Balaban J connectivity index is 1.99. The fraction of sp³-hybridized carbons (Fsp3) is 0.200. The molecule has 2 rings (SSSR count). The summed E-state index contributed by atoms with van der Waals surface area (Å²) in [6, 6.07) is 8.09. The van der Waals surface area contributed by atoms with E-state index in [1.165, 1.54) is 4.90 Å². The van der Waals surface area contributed by atoms with E-state index in [1.807, 2.05) is 18.2 Å². The lowest BCUT2D eigenvalue weighted by Crippen LogP contribution is -1.98. The van der Waals surface area contributed by atoms with Crippen LogP contribution in [0.2, 0.25) is 0 Å². The summed E-state index contributed by atoms with van der Waals surface area (Å²) in [5, 5.41) is 6.85. The van der Waals surface area contributed by atoms with Crippen molar-refractivity contribution >= 4 is 27.7 Å². The molecule has 0 aliphatic rings. The van der Waals surface area contributed by atoms with Gasteiger partial charge >= 0.3 is 0 Å². The maximum absolute atomic E-state index is 5.44. The largest absolute Gasteiger partial charge is 0.324 e. The van der Waals surface area contributed by atoms with Crippen molar-refractivity contribution in [3.8, 4) is 0 Å². The molecule has 1 aromatic heterocycles. The zero-order valence-corrected chi connectivity index (χ0v) is 10.9. The van der Waals surface area contributed by atoms with Crippen LogP contribution in [0.25, 0.3) is 0 Å². The Morgan fingerprint density at radius 3 is 2.88 bits per heavy atom. The van der Waals surface area contributed by atoms with Crippen molar-refractivity contribution in [3.63, 3.8) is 0 Å². The van der Waals surface area contributed by atoms with Gasteiger partial charge in [-0.25, -0.2) is 4.98 Å². The molecule has 0 bridgehead atoms. The second-order valence-corrected chi connectivity index (χ2v) is 4.99. The first-order valence-electron chi connectivity index (χ1n) is 4.77. The van der Waals surface area contributed by atoms with Crippen LogP contribution < -0.4 is 5.73 Å². The Kier molecular flexibility index (Phi) is 3.98. The van der Waals surface area contributed by atoms with Crippen molar-refractivity contribution < 1.29 is 0 Å². The highest BCUT2D eigenvalue weighted by atomic mass is 79.9. The van der Waals surface area contributed by atoms with E-state index in [-0.39, 0.29) is 0 Å². The third-order valence-electron chi connectivity index (χ3n) is 1.96. The van der Waals surface area contributed by atoms with E-state index in [9.17, 15) is 0 Å². The first-order valence-corrected chi connectivity index (χ1v) is 6.55. The molecule has 2 aromatic rings. The minimum atomic E-state index is 0.371. The smallest absolute Gasteiger partial charge is 0.164 e. The molecule has 4 nitrogen and oxygen atoms in total. The number of halogens is 1. The Morgan fingerprint density at radius 1 is 1.38 bits per heavy atom. The third-order valence-corrected chi connectivity index (χ3v) is 4.00. The van der Waals surface area contributed by atoms with Crippen molar-refractivity contribution in [1.29, 1.82) is 0 Å². The van der Waals surface area contributed by atoms with Crippen molar-refractivity contribution in [2.24, 2.45) is 5.73 Å². The Bertz CT molecular complexity index is 471. The molecule has 1 heterocycles. The lowest BCUT2D eigenvalue weighted by atomic mass is 10.4. The molecule has 0 unspecified atom stereocenters. The zero-order chi connectivity index (χ0) is 11.4. The van der Waals surface area contributed by atoms with Gasteiger partial charge in [-0.15, -0.1) is 11.8 Å². The summed E-state index contributed by atoms with van der Waals surface area (Å²) < 4.78 is 1.10. The number of hydrogen-bond acceptors (Lipinski definition) is 4. The number of aromatic amines is 1. The minimum Gasteiger partial charge on any atom is -0.324 e. The van der Waals surface area contributed by atoms with Crippen molar-refractivity contribution in [1.82, 2.24) is 15.2 Å². The number of benzene rings is 1. The summed E-state index contributed by atoms with van der Waals surface area (Å²) in [5.41, 5.74) is 5.44. The molecule has 84 valence electrons. The van der Waals surface area contributed by atoms with E-state index in [4.69, 9.17) is 5.73 Å². The molecular weight excluding hydrogens is 288 g/mol. The molecule has 3 N–H and O–H groups in total. The second-order valence-electron chi connectivity index (χ2n) is 3.12. The SMILES string of the molecule is NCc1n[nH]c(CSc2ccccc2Br)n1. The Morgan fingerprint density at radius 2 is 2.19 bits per heavy atom. The number of aromatic nitrogens is 3. The highest BCUT2D eigenvalue weighted by molar-refractivity contribution is 9.10. The highest BCUT2D eigenvalue weighted by Crippen LogP contribution is 2.28. The quantitative estimate of drug-likeness (QED) is 0.850. The fourth-order valence-corrected chi connectivity index (χ4v) is 2.63. The normalized spacial score (nSPS) is 10.6. The van der Waals surface area contributed by atoms with E-state index in [0.717, 1.165) is 16.0 Å². The number of nitrogens with zero attached hydrogens (tertiary/aromatic N) is 2. The molecule has 0 amide bonds.